The summed E-state index contributed by atoms with van der Waals surface area (Å²) in [5.74, 6) is -3.39. The average molecular weight is 609 g/mol. The van der Waals surface area contributed by atoms with Crippen molar-refractivity contribution in [2.24, 2.45) is 17.6 Å². The van der Waals surface area contributed by atoms with Gasteiger partial charge in [0.15, 0.2) is 5.78 Å². The van der Waals surface area contributed by atoms with Gasteiger partial charge < -0.3 is 42.3 Å². The number of amides is 2. The molecule has 0 aliphatic carbocycles. The highest BCUT2D eigenvalue weighted by atomic mass is 16.4. The maximum atomic E-state index is 12.7. The second-order valence-corrected chi connectivity index (χ2v) is 11.2. The number of aliphatic carboxylic acids is 3. The van der Waals surface area contributed by atoms with Gasteiger partial charge in [-0.25, -0.2) is 14.4 Å². The Balaban J connectivity index is 2.38. The molecule has 0 fully saturated rings. The van der Waals surface area contributed by atoms with E-state index in [1.54, 1.807) is 0 Å². The number of benzene rings is 1. The van der Waals surface area contributed by atoms with Gasteiger partial charge in [-0.15, -0.1) is 0 Å². The smallest absolute Gasteiger partial charge is 0.326 e. The maximum Gasteiger partial charge on any atom is 0.326 e. The first-order valence-corrected chi connectivity index (χ1v) is 14.8. The number of carboxylic acid groups (broad SMARTS) is 3. The zero-order valence-electron chi connectivity index (χ0n) is 26.4. The van der Waals surface area contributed by atoms with Crippen LogP contribution in [0.4, 0.5) is 4.79 Å². The van der Waals surface area contributed by atoms with Crippen LogP contribution in [0.1, 0.15) is 69.9 Å². The Morgan fingerprint density at radius 1 is 0.860 bits per heavy atom. The number of hydrogen-bond acceptors (Lipinski definition) is 8. The number of carbonyl (C=O) groups excluding carboxylic acids is 2. The van der Waals surface area contributed by atoms with Gasteiger partial charge in [0.05, 0.1) is 6.54 Å². The van der Waals surface area contributed by atoms with E-state index >= 15 is 0 Å². The summed E-state index contributed by atoms with van der Waals surface area (Å²) in [7, 11) is 0. The van der Waals surface area contributed by atoms with E-state index in [2.05, 4.69) is 53.0 Å². The minimum absolute atomic E-state index is 0.0373. The van der Waals surface area contributed by atoms with E-state index in [0.717, 1.165) is 24.8 Å². The van der Waals surface area contributed by atoms with Crippen molar-refractivity contribution in [3.63, 3.8) is 0 Å². The quantitative estimate of drug-likeness (QED) is 0.0787. The van der Waals surface area contributed by atoms with Gasteiger partial charge in [0.25, 0.3) is 0 Å². The molecule has 2 amide bonds. The fraction of sp³-hybridized carbons (Fsp3) is 0.633. The van der Waals surface area contributed by atoms with Gasteiger partial charge in [-0.1, -0.05) is 45.0 Å². The monoisotopic (exact) mass is 608 g/mol. The molecule has 0 saturated heterocycles. The first-order valence-electron chi connectivity index (χ1n) is 15.3. The lowest BCUT2D eigenvalue weighted by molar-refractivity contribution is -0.140. The van der Waals surface area contributed by atoms with Crippen LogP contribution in [0, 0.1) is 11.8 Å². The topological polar surface area (TPSA) is 220 Å². The highest BCUT2D eigenvalue weighted by Gasteiger charge is 2.24. The standard InChI is InChI=1S/C30H49N5O8/c1-19(2)15-21-6-8-23(9-7-21)20(3)26(36)18-33-17-22(16-31)5-4-13-32-14-12-25(29(41)42)35-30(43)34-24(28(39)40)10-11-27(37)38/h6-9,19-20,22,24-25,32-33H,4-5,10-18,31H2,1-3H3,(H,37,38)(H,39,40)(H,41,42)(H2,34,35,43)/i/hD. The lowest BCUT2D eigenvalue weighted by Gasteiger charge is -2.19. The Morgan fingerprint density at radius 3 is 2.05 bits per heavy atom. The number of carboxylic acids is 3. The van der Waals surface area contributed by atoms with Crippen LogP contribution >= 0.6 is 0 Å². The molecule has 242 valence electrons. The lowest BCUT2D eigenvalue weighted by atomic mass is 9.94. The second-order valence-electron chi connectivity index (χ2n) is 11.2. The summed E-state index contributed by atoms with van der Waals surface area (Å²) in [5, 5.41) is 37.9. The van der Waals surface area contributed by atoms with Crippen molar-refractivity contribution in [2.75, 3.05) is 32.7 Å². The predicted octanol–water partition coefficient (Wildman–Crippen LogP) is 1.55. The Morgan fingerprint density at radius 2 is 1.49 bits per heavy atom. The van der Waals surface area contributed by atoms with Gasteiger partial charge in [-0.3, -0.25) is 9.59 Å². The van der Waals surface area contributed by atoms with Crippen LogP contribution in [0.25, 0.3) is 0 Å². The molecule has 0 aliphatic rings. The number of hydrogen-bond donors (Lipinski definition) is 8. The summed E-state index contributed by atoms with van der Waals surface area (Å²) in [6, 6.07) is 4.44. The van der Waals surface area contributed by atoms with E-state index in [1.165, 1.54) is 5.56 Å². The summed E-state index contributed by atoms with van der Waals surface area (Å²) in [6.45, 7) is 8.30. The highest BCUT2D eigenvalue weighted by molar-refractivity contribution is 5.87. The van der Waals surface area contributed by atoms with Crippen molar-refractivity contribution in [3.05, 3.63) is 35.4 Å². The first kappa shape index (κ1) is 35.6. The summed E-state index contributed by atoms with van der Waals surface area (Å²) >= 11 is 0. The van der Waals surface area contributed by atoms with Crippen LogP contribution in [0.5, 0.6) is 0 Å². The molecule has 0 spiro atoms. The van der Waals surface area contributed by atoms with Gasteiger partial charge >= 0.3 is 23.9 Å². The van der Waals surface area contributed by atoms with Crippen molar-refractivity contribution in [1.82, 2.24) is 21.3 Å². The average Bonchev–Trinajstić information content (AvgIpc) is 2.95. The van der Waals surface area contributed by atoms with Crippen LogP contribution < -0.4 is 27.0 Å². The molecule has 0 bridgehead atoms. The molecule has 13 nitrogen and oxygen atoms in total. The first-order chi connectivity index (χ1) is 20.8. The van der Waals surface area contributed by atoms with E-state index < -0.39 is 42.4 Å². The summed E-state index contributed by atoms with van der Waals surface area (Å²) in [5.41, 5.74) is 4.67. The molecule has 9 N–H and O–H groups in total. The molecule has 0 heterocycles. The van der Waals surface area contributed by atoms with Crippen LogP contribution in [-0.2, 0) is 25.6 Å². The molecule has 13 heteroatoms. The fourth-order valence-electron chi connectivity index (χ4n) is 4.46. The molecule has 1 aromatic rings. The van der Waals surface area contributed by atoms with E-state index in [9.17, 15) is 29.1 Å². The Hall–Kier alpha value is -3.55. The number of ketones is 1. The molecule has 1 rings (SSSR count). The fourth-order valence-corrected chi connectivity index (χ4v) is 4.46. The predicted molar refractivity (Wildman–Crippen MR) is 162 cm³/mol. The molecule has 1 aromatic carbocycles. The molecule has 43 heavy (non-hydrogen) atoms. The Labute approximate surface area is 254 Å². The molecular formula is C30H49N5O8. The summed E-state index contributed by atoms with van der Waals surface area (Å²) in [4.78, 5) is 58.3. The van der Waals surface area contributed by atoms with Crippen LogP contribution in [-0.4, -0.2) is 89.8 Å². The van der Waals surface area contributed by atoms with E-state index in [-0.39, 0.29) is 43.6 Å². The third kappa shape index (κ3) is 16.0. The maximum absolute atomic E-state index is 12.7. The number of rotatable bonds is 24. The number of urea groups is 1. The Bertz CT molecular complexity index is 1060. The van der Waals surface area contributed by atoms with E-state index in [4.69, 9.17) is 11.6 Å². The molecule has 4 atom stereocenters. The minimum Gasteiger partial charge on any atom is -0.481 e. The molecule has 0 aliphatic heterocycles. The molecule has 0 radical (unpaired) electrons. The van der Waals surface area contributed by atoms with Crippen LogP contribution in [0.15, 0.2) is 24.3 Å². The van der Waals surface area contributed by atoms with Crippen LogP contribution in [0.3, 0.4) is 0 Å². The Kier molecular flexibility index (Phi) is 16.9. The largest absolute Gasteiger partial charge is 0.481 e. The van der Waals surface area contributed by atoms with Crippen LogP contribution in [0.2, 0.25) is 1.41 Å². The number of carbonyl (C=O) groups is 5. The van der Waals surface area contributed by atoms with Gasteiger partial charge in [0.1, 0.15) is 13.5 Å². The van der Waals surface area contributed by atoms with Gasteiger partial charge in [0.2, 0.25) is 0 Å². The zero-order chi connectivity index (χ0) is 33.1. The van der Waals surface area contributed by atoms with Crippen molar-refractivity contribution in [1.29, 1.82) is 0 Å². The van der Waals surface area contributed by atoms with E-state index in [1.807, 2.05) is 19.1 Å². The van der Waals surface area contributed by atoms with Crippen molar-refractivity contribution >= 4 is 29.7 Å². The molecule has 4 unspecified atom stereocenters. The summed E-state index contributed by atoms with van der Waals surface area (Å²) < 4.78 is 7.38. The third-order valence-corrected chi connectivity index (χ3v) is 7.06. The lowest BCUT2D eigenvalue weighted by Crippen LogP contribution is -2.51. The van der Waals surface area contributed by atoms with E-state index in [0.29, 0.717) is 25.6 Å². The number of nitrogens with one attached hydrogen (secondary N) is 4. The van der Waals surface area contributed by atoms with Gasteiger partial charge in [-0.2, -0.15) is 0 Å². The third-order valence-electron chi connectivity index (χ3n) is 7.06. The van der Waals surface area contributed by atoms with Gasteiger partial charge in [0, 0.05) is 12.3 Å². The highest BCUT2D eigenvalue weighted by Crippen LogP contribution is 2.18. The number of nitrogens with two attached hydrogens (primary N) is 1. The minimum atomic E-state index is -1.47. The zero-order valence-corrected chi connectivity index (χ0v) is 25.4. The molecule has 0 aromatic heterocycles. The molecular weight excluding hydrogens is 558 g/mol. The SMILES string of the molecule is [2H]NCC(CCCNCCC(NC(=O)NC(CCC(=O)O)C(=O)O)C(=O)O)CNCC(=O)C(C)c1ccc(CC(C)C)cc1. The van der Waals surface area contributed by atoms with Crippen molar-refractivity contribution in [2.45, 2.75) is 77.3 Å². The normalized spacial score (nSPS) is 14.3. The number of Topliss-reactive ketones (excluding diaryl/α,β-unsaturated/α-hetero) is 1. The van der Waals surface area contributed by atoms with Gasteiger partial charge in [-0.05, 0) is 81.2 Å². The van der Waals surface area contributed by atoms with Crippen molar-refractivity contribution < 1.29 is 40.7 Å². The second kappa shape index (κ2) is 20.4. The van der Waals surface area contributed by atoms with Crippen molar-refractivity contribution in [3.8, 4) is 0 Å². The summed E-state index contributed by atoms with van der Waals surface area (Å²) in [6.07, 6.45) is 1.71. The molecule has 0 saturated carbocycles.